The summed E-state index contributed by atoms with van der Waals surface area (Å²) in [6.45, 7) is 1.67. The number of carbonyl (C=O) groups is 1. The molecule has 1 saturated heterocycles. The van der Waals surface area contributed by atoms with E-state index in [1.165, 1.54) is 0 Å². The van der Waals surface area contributed by atoms with Crippen molar-refractivity contribution in [3.8, 4) is 0 Å². The van der Waals surface area contributed by atoms with E-state index >= 15 is 0 Å². The molecule has 1 aliphatic rings. The molecule has 2 rings (SSSR count). The second kappa shape index (κ2) is 6.93. The van der Waals surface area contributed by atoms with Gasteiger partial charge in [0.05, 0.1) is 0 Å². The molecule has 1 N–H and O–H groups in total. The van der Waals surface area contributed by atoms with Gasteiger partial charge in [0.25, 0.3) is 0 Å². The summed E-state index contributed by atoms with van der Waals surface area (Å²) in [7, 11) is 5.56. The normalized spacial score (nSPS) is 22.9. The molecule has 21 heavy (non-hydrogen) atoms. The van der Waals surface area contributed by atoms with Crippen LogP contribution in [-0.4, -0.2) is 70.7 Å². The third kappa shape index (κ3) is 3.96. The van der Waals surface area contributed by atoms with E-state index in [0.29, 0.717) is 25.4 Å². The smallest absolute Gasteiger partial charge is 0.320 e. The first-order chi connectivity index (χ1) is 10.0. The lowest BCUT2D eigenvalue weighted by Gasteiger charge is -2.21. The van der Waals surface area contributed by atoms with Crippen molar-refractivity contribution in [3.63, 3.8) is 0 Å². The Morgan fingerprint density at radius 3 is 2.67 bits per heavy atom. The summed E-state index contributed by atoms with van der Waals surface area (Å²) in [6, 6.07) is -0.184. The summed E-state index contributed by atoms with van der Waals surface area (Å²) in [5.41, 5.74) is 0.917. The number of likely N-dealkylation sites (tertiary alicyclic amines) is 1. The second-order valence-electron chi connectivity index (χ2n) is 5.58. The monoisotopic (exact) mass is 294 g/mol. The van der Waals surface area contributed by atoms with Crippen molar-refractivity contribution in [2.45, 2.75) is 31.7 Å². The highest BCUT2D eigenvalue weighted by Crippen LogP contribution is 2.23. The number of aromatic nitrogens is 2. The van der Waals surface area contributed by atoms with E-state index < -0.39 is 12.0 Å². The van der Waals surface area contributed by atoms with Crippen LogP contribution < -0.4 is 0 Å². The highest BCUT2D eigenvalue weighted by Gasteiger charge is 2.37. The van der Waals surface area contributed by atoms with Gasteiger partial charge in [0.15, 0.2) is 5.82 Å². The molecule has 0 aliphatic carbocycles. The minimum absolute atomic E-state index is 0.264. The largest absolute Gasteiger partial charge is 0.480 e. The lowest BCUT2D eigenvalue weighted by atomic mass is 10.1. The quantitative estimate of drug-likeness (QED) is 0.803. The maximum atomic E-state index is 11.4. The van der Waals surface area contributed by atoms with Crippen LogP contribution in [0.2, 0.25) is 0 Å². The van der Waals surface area contributed by atoms with Crippen LogP contribution in [0.5, 0.6) is 0 Å². The molecule has 2 heterocycles. The average Bonchev–Trinajstić information content (AvgIpc) is 2.86. The topological polar surface area (TPSA) is 78.8 Å². The Kier molecular flexibility index (Phi) is 5.22. The van der Waals surface area contributed by atoms with E-state index in [0.717, 1.165) is 12.1 Å². The highest BCUT2D eigenvalue weighted by atomic mass is 16.5. The summed E-state index contributed by atoms with van der Waals surface area (Å²) < 4.78 is 4.97. The second-order valence-corrected chi connectivity index (χ2v) is 5.58. The van der Waals surface area contributed by atoms with E-state index in [-0.39, 0.29) is 6.04 Å². The summed E-state index contributed by atoms with van der Waals surface area (Å²) in [4.78, 5) is 23.9. The van der Waals surface area contributed by atoms with Crippen molar-refractivity contribution < 1.29 is 14.6 Å². The van der Waals surface area contributed by atoms with Gasteiger partial charge in [-0.1, -0.05) is 0 Å². The number of ether oxygens (including phenoxy) is 1. The van der Waals surface area contributed by atoms with Gasteiger partial charge in [0.1, 0.15) is 12.6 Å². The molecule has 0 amide bonds. The first kappa shape index (κ1) is 15.8. The number of likely N-dealkylation sites (N-methyl/N-ethyl adjacent to an activating group) is 1. The lowest BCUT2D eigenvalue weighted by molar-refractivity contribution is -0.142. The van der Waals surface area contributed by atoms with Gasteiger partial charge in [0.2, 0.25) is 0 Å². The van der Waals surface area contributed by atoms with Crippen LogP contribution in [0.4, 0.5) is 0 Å². The Morgan fingerprint density at radius 1 is 1.48 bits per heavy atom. The first-order valence-electron chi connectivity index (χ1n) is 6.93. The van der Waals surface area contributed by atoms with Gasteiger partial charge in [0, 0.05) is 44.2 Å². The molecule has 1 aromatic rings. The Hall–Kier alpha value is -1.57. The number of rotatable bonds is 6. The number of hydrogen-bond acceptors (Lipinski definition) is 6. The highest BCUT2D eigenvalue weighted by molar-refractivity contribution is 5.74. The van der Waals surface area contributed by atoms with E-state index in [1.54, 1.807) is 19.5 Å². The van der Waals surface area contributed by atoms with Gasteiger partial charge in [-0.2, -0.15) is 0 Å². The van der Waals surface area contributed by atoms with Crippen LogP contribution in [0.3, 0.4) is 0 Å². The minimum atomic E-state index is -0.767. The fourth-order valence-corrected chi connectivity index (χ4v) is 2.59. The third-order valence-electron chi connectivity index (χ3n) is 3.81. The van der Waals surface area contributed by atoms with Crippen LogP contribution in [0, 0.1) is 0 Å². The SMILES string of the molecule is COCc1ncc(CN2C[C@H](N(C)C)C[C@H]2C(=O)O)cn1. The van der Waals surface area contributed by atoms with Gasteiger partial charge in [-0.25, -0.2) is 9.97 Å². The molecule has 116 valence electrons. The number of aliphatic carboxylic acids is 1. The van der Waals surface area contributed by atoms with Gasteiger partial charge in [-0.3, -0.25) is 9.69 Å². The molecule has 7 heteroatoms. The molecule has 1 fully saturated rings. The van der Waals surface area contributed by atoms with Crippen molar-refractivity contribution in [1.29, 1.82) is 0 Å². The molecular weight excluding hydrogens is 272 g/mol. The Morgan fingerprint density at radius 2 is 2.14 bits per heavy atom. The molecule has 0 aromatic carbocycles. The summed E-state index contributed by atoms with van der Waals surface area (Å²) in [5.74, 6) is -0.139. The van der Waals surface area contributed by atoms with E-state index in [4.69, 9.17) is 4.74 Å². The zero-order chi connectivity index (χ0) is 15.4. The van der Waals surface area contributed by atoms with Crippen molar-refractivity contribution in [3.05, 3.63) is 23.8 Å². The number of hydrogen-bond donors (Lipinski definition) is 1. The maximum absolute atomic E-state index is 11.4. The molecule has 0 saturated carbocycles. The van der Waals surface area contributed by atoms with Crippen LogP contribution >= 0.6 is 0 Å². The molecule has 1 aromatic heterocycles. The number of nitrogens with zero attached hydrogens (tertiary/aromatic N) is 4. The van der Waals surface area contributed by atoms with Crippen molar-refractivity contribution in [1.82, 2.24) is 19.8 Å². The van der Waals surface area contributed by atoms with Crippen molar-refractivity contribution in [2.24, 2.45) is 0 Å². The maximum Gasteiger partial charge on any atom is 0.320 e. The molecule has 0 unspecified atom stereocenters. The molecule has 0 radical (unpaired) electrons. The van der Waals surface area contributed by atoms with Crippen LogP contribution in [0.15, 0.2) is 12.4 Å². The third-order valence-corrected chi connectivity index (χ3v) is 3.81. The zero-order valence-electron chi connectivity index (χ0n) is 12.7. The minimum Gasteiger partial charge on any atom is -0.480 e. The van der Waals surface area contributed by atoms with Gasteiger partial charge < -0.3 is 14.7 Å². The van der Waals surface area contributed by atoms with Crippen LogP contribution in [0.25, 0.3) is 0 Å². The average molecular weight is 294 g/mol. The molecule has 0 spiro atoms. The predicted molar refractivity (Wildman–Crippen MR) is 76.7 cm³/mol. The Balaban J connectivity index is 2.04. The molecule has 0 bridgehead atoms. The van der Waals surface area contributed by atoms with Crippen molar-refractivity contribution in [2.75, 3.05) is 27.7 Å². The van der Waals surface area contributed by atoms with Gasteiger partial charge >= 0.3 is 5.97 Å². The zero-order valence-corrected chi connectivity index (χ0v) is 12.7. The standard InChI is InChI=1S/C14H22N4O3/c1-17(2)11-4-12(14(19)20)18(8-11)7-10-5-15-13(9-21-3)16-6-10/h5-6,11-12H,4,7-9H2,1-3H3,(H,19,20)/t11-,12+/m1/s1. The lowest BCUT2D eigenvalue weighted by Crippen LogP contribution is -2.35. The molecule has 7 nitrogen and oxygen atoms in total. The van der Waals surface area contributed by atoms with Crippen molar-refractivity contribution >= 4 is 5.97 Å². The predicted octanol–water partition coefficient (Wildman–Crippen LogP) is 0.212. The van der Waals surface area contributed by atoms with Crippen LogP contribution in [0.1, 0.15) is 17.8 Å². The Labute approximate surface area is 124 Å². The first-order valence-corrected chi connectivity index (χ1v) is 6.93. The Bertz CT molecular complexity index is 478. The van der Waals surface area contributed by atoms with E-state index in [2.05, 4.69) is 14.9 Å². The van der Waals surface area contributed by atoms with E-state index in [9.17, 15) is 9.90 Å². The van der Waals surface area contributed by atoms with Gasteiger partial charge in [-0.05, 0) is 20.5 Å². The molecule has 2 atom stereocenters. The van der Waals surface area contributed by atoms with Crippen LogP contribution in [-0.2, 0) is 22.7 Å². The van der Waals surface area contributed by atoms with Gasteiger partial charge in [-0.15, -0.1) is 0 Å². The summed E-state index contributed by atoms with van der Waals surface area (Å²) in [6.07, 6.45) is 4.12. The molecular formula is C14H22N4O3. The fourth-order valence-electron chi connectivity index (χ4n) is 2.59. The molecule has 1 aliphatic heterocycles. The summed E-state index contributed by atoms with van der Waals surface area (Å²) >= 11 is 0. The fraction of sp³-hybridized carbons (Fsp3) is 0.643. The number of methoxy groups -OCH3 is 1. The summed E-state index contributed by atoms with van der Waals surface area (Å²) in [5, 5.41) is 9.37. The number of carboxylic acid groups (broad SMARTS) is 1. The van der Waals surface area contributed by atoms with E-state index in [1.807, 2.05) is 19.0 Å². The number of carboxylic acids is 1.